The van der Waals surface area contributed by atoms with E-state index in [1.807, 2.05) is 0 Å². The molecule has 1 atom stereocenters. The van der Waals surface area contributed by atoms with E-state index < -0.39 is 0 Å². The van der Waals surface area contributed by atoms with Crippen LogP contribution in [-0.4, -0.2) is 19.6 Å². The molecule has 1 saturated carbocycles. The maximum Gasteiger partial charge on any atom is 0.0376 e. The zero-order valence-corrected chi connectivity index (χ0v) is 13.3. The van der Waals surface area contributed by atoms with Crippen LogP contribution in [0, 0.1) is 16.7 Å². The van der Waals surface area contributed by atoms with Gasteiger partial charge in [-0.25, -0.2) is 0 Å². The Balaban J connectivity index is 1.44. The highest BCUT2D eigenvalue weighted by Gasteiger charge is 2.63. The molecule has 2 heteroatoms. The molecule has 1 aliphatic carbocycles. The summed E-state index contributed by atoms with van der Waals surface area (Å²) < 4.78 is 0. The molecule has 1 aromatic carbocycles. The monoisotopic (exact) mass is 272 g/mol. The van der Waals surface area contributed by atoms with Gasteiger partial charge in [0.2, 0.25) is 0 Å². The maximum atomic E-state index is 3.69. The van der Waals surface area contributed by atoms with Crippen LogP contribution in [0.25, 0.3) is 0 Å². The van der Waals surface area contributed by atoms with Crippen molar-refractivity contribution in [3.05, 3.63) is 29.8 Å². The first kappa shape index (κ1) is 13.9. The largest absolute Gasteiger partial charge is 0.384 e. The molecule has 1 aromatic rings. The first-order chi connectivity index (χ1) is 9.44. The van der Waals surface area contributed by atoms with Gasteiger partial charge in [0.15, 0.2) is 0 Å². The Labute approximate surface area is 123 Å². The third-order valence-electron chi connectivity index (χ3n) is 6.28. The number of para-hydroxylation sites is 1. The van der Waals surface area contributed by atoms with Gasteiger partial charge >= 0.3 is 0 Å². The highest BCUT2D eigenvalue weighted by Crippen LogP contribution is 2.67. The lowest BCUT2D eigenvalue weighted by atomic mass is 9.98. The van der Waals surface area contributed by atoms with E-state index in [0.717, 1.165) is 19.0 Å². The SMILES string of the molecule is CC1(C)C(CNCCC2CNc3ccccc32)C1(C)C. The van der Waals surface area contributed by atoms with Gasteiger partial charge in [0.05, 0.1) is 0 Å². The molecule has 2 aliphatic rings. The van der Waals surface area contributed by atoms with Gasteiger partial charge in [-0.3, -0.25) is 0 Å². The van der Waals surface area contributed by atoms with Crippen LogP contribution in [0.5, 0.6) is 0 Å². The smallest absolute Gasteiger partial charge is 0.0376 e. The molecular formula is C18H28N2. The lowest BCUT2D eigenvalue weighted by molar-refractivity contribution is 0.457. The van der Waals surface area contributed by atoms with Crippen molar-refractivity contribution < 1.29 is 0 Å². The van der Waals surface area contributed by atoms with Crippen LogP contribution < -0.4 is 10.6 Å². The van der Waals surface area contributed by atoms with Crippen LogP contribution in [-0.2, 0) is 0 Å². The van der Waals surface area contributed by atoms with Gasteiger partial charge < -0.3 is 10.6 Å². The Kier molecular flexibility index (Phi) is 3.32. The van der Waals surface area contributed by atoms with Crippen LogP contribution in [0.3, 0.4) is 0 Å². The molecule has 0 saturated heterocycles. The quantitative estimate of drug-likeness (QED) is 0.795. The Morgan fingerprint density at radius 3 is 2.55 bits per heavy atom. The lowest BCUT2D eigenvalue weighted by Gasteiger charge is -2.11. The number of benzene rings is 1. The molecule has 2 nitrogen and oxygen atoms in total. The van der Waals surface area contributed by atoms with E-state index in [0.29, 0.717) is 16.7 Å². The van der Waals surface area contributed by atoms with Gasteiger partial charge in [0.1, 0.15) is 0 Å². The Bertz CT molecular complexity index is 476. The van der Waals surface area contributed by atoms with Crippen molar-refractivity contribution in [3.63, 3.8) is 0 Å². The minimum atomic E-state index is 0.502. The van der Waals surface area contributed by atoms with Crippen molar-refractivity contribution >= 4 is 5.69 Å². The minimum absolute atomic E-state index is 0.502. The van der Waals surface area contributed by atoms with E-state index in [4.69, 9.17) is 0 Å². The number of nitrogens with one attached hydrogen (secondary N) is 2. The summed E-state index contributed by atoms with van der Waals surface area (Å²) in [5, 5.41) is 7.20. The van der Waals surface area contributed by atoms with Crippen molar-refractivity contribution in [3.8, 4) is 0 Å². The molecule has 0 aromatic heterocycles. The van der Waals surface area contributed by atoms with Gasteiger partial charge in [-0.05, 0) is 47.9 Å². The number of rotatable bonds is 5. The topological polar surface area (TPSA) is 24.1 Å². The molecule has 0 amide bonds. The minimum Gasteiger partial charge on any atom is -0.384 e. The Morgan fingerprint density at radius 1 is 1.15 bits per heavy atom. The molecule has 3 rings (SSSR count). The van der Waals surface area contributed by atoms with E-state index in [9.17, 15) is 0 Å². The zero-order chi connectivity index (χ0) is 14.4. The first-order valence-electron chi connectivity index (χ1n) is 7.98. The molecule has 0 radical (unpaired) electrons. The van der Waals surface area contributed by atoms with E-state index in [1.165, 1.54) is 24.2 Å². The van der Waals surface area contributed by atoms with E-state index in [-0.39, 0.29) is 0 Å². The average Bonchev–Trinajstić information content (AvgIpc) is 2.74. The van der Waals surface area contributed by atoms with Crippen LogP contribution >= 0.6 is 0 Å². The molecule has 1 unspecified atom stereocenters. The van der Waals surface area contributed by atoms with Crippen LogP contribution in [0.15, 0.2) is 24.3 Å². The molecule has 2 N–H and O–H groups in total. The second-order valence-corrected chi connectivity index (χ2v) is 7.65. The predicted molar refractivity (Wildman–Crippen MR) is 86.2 cm³/mol. The second kappa shape index (κ2) is 4.77. The van der Waals surface area contributed by atoms with Gasteiger partial charge in [-0.1, -0.05) is 45.9 Å². The van der Waals surface area contributed by atoms with Crippen molar-refractivity contribution in [2.45, 2.75) is 40.0 Å². The molecular weight excluding hydrogens is 244 g/mol. The summed E-state index contributed by atoms with van der Waals surface area (Å²) in [6, 6.07) is 8.73. The predicted octanol–water partition coefficient (Wildman–Crippen LogP) is 3.86. The number of hydrogen-bond acceptors (Lipinski definition) is 2. The van der Waals surface area contributed by atoms with Gasteiger partial charge in [-0.15, -0.1) is 0 Å². The molecule has 1 aliphatic heterocycles. The van der Waals surface area contributed by atoms with Crippen molar-refractivity contribution in [2.75, 3.05) is 25.0 Å². The fourth-order valence-electron chi connectivity index (χ4n) is 3.98. The standard InChI is InChI=1S/C18H28N2/c1-17(2)16(18(17,3)4)12-19-10-9-13-11-20-15-8-6-5-7-14(13)15/h5-8,13,16,19-20H,9-12H2,1-4H3. The summed E-state index contributed by atoms with van der Waals surface area (Å²) in [7, 11) is 0. The van der Waals surface area contributed by atoms with E-state index in [2.05, 4.69) is 62.6 Å². The normalized spacial score (nSPS) is 26.1. The average molecular weight is 272 g/mol. The van der Waals surface area contributed by atoms with Crippen molar-refractivity contribution in [1.82, 2.24) is 5.32 Å². The molecule has 20 heavy (non-hydrogen) atoms. The molecule has 0 bridgehead atoms. The number of anilines is 1. The van der Waals surface area contributed by atoms with Crippen LogP contribution in [0.4, 0.5) is 5.69 Å². The van der Waals surface area contributed by atoms with Crippen molar-refractivity contribution in [1.29, 1.82) is 0 Å². The Morgan fingerprint density at radius 2 is 1.85 bits per heavy atom. The fraction of sp³-hybridized carbons (Fsp3) is 0.667. The summed E-state index contributed by atoms with van der Waals surface area (Å²) in [5.74, 6) is 1.50. The summed E-state index contributed by atoms with van der Waals surface area (Å²) in [4.78, 5) is 0. The van der Waals surface area contributed by atoms with Crippen LogP contribution in [0.2, 0.25) is 0 Å². The highest BCUT2D eigenvalue weighted by atomic mass is 14.9. The second-order valence-electron chi connectivity index (χ2n) is 7.65. The lowest BCUT2D eigenvalue weighted by Crippen LogP contribution is -2.22. The van der Waals surface area contributed by atoms with Crippen molar-refractivity contribution in [2.24, 2.45) is 16.7 Å². The zero-order valence-electron chi connectivity index (χ0n) is 13.3. The third-order valence-corrected chi connectivity index (χ3v) is 6.28. The summed E-state index contributed by atoms with van der Waals surface area (Å²) in [5.41, 5.74) is 3.84. The Hall–Kier alpha value is -1.02. The number of fused-ring (bicyclic) bond motifs is 1. The molecule has 110 valence electrons. The molecule has 0 spiro atoms. The maximum absolute atomic E-state index is 3.69. The highest BCUT2D eigenvalue weighted by molar-refractivity contribution is 5.57. The third kappa shape index (κ3) is 2.14. The van der Waals surface area contributed by atoms with Crippen LogP contribution in [0.1, 0.15) is 45.6 Å². The fourth-order valence-corrected chi connectivity index (χ4v) is 3.98. The van der Waals surface area contributed by atoms with E-state index >= 15 is 0 Å². The first-order valence-corrected chi connectivity index (χ1v) is 7.98. The molecule has 1 fully saturated rings. The van der Waals surface area contributed by atoms with Gasteiger partial charge in [0.25, 0.3) is 0 Å². The number of hydrogen-bond donors (Lipinski definition) is 2. The van der Waals surface area contributed by atoms with E-state index in [1.54, 1.807) is 0 Å². The van der Waals surface area contributed by atoms with Gasteiger partial charge in [0, 0.05) is 18.2 Å². The van der Waals surface area contributed by atoms with Gasteiger partial charge in [-0.2, -0.15) is 0 Å². The summed E-state index contributed by atoms with van der Waals surface area (Å²) in [6.45, 7) is 13.0. The summed E-state index contributed by atoms with van der Waals surface area (Å²) >= 11 is 0. The molecule has 1 heterocycles. The summed E-state index contributed by atoms with van der Waals surface area (Å²) in [6.07, 6.45) is 1.23.